The summed E-state index contributed by atoms with van der Waals surface area (Å²) < 4.78 is 4.82. The Labute approximate surface area is 141 Å². The largest absolute Gasteiger partial charge is 0.468 e. The molecule has 0 unspecified atom stereocenters. The monoisotopic (exact) mass is 330 g/mol. The number of hydrogen-bond acceptors (Lipinski definition) is 6. The molecule has 24 heavy (non-hydrogen) atoms. The van der Waals surface area contributed by atoms with E-state index in [4.69, 9.17) is 9.73 Å². The lowest BCUT2D eigenvalue weighted by Crippen LogP contribution is -2.56. The number of piperazine rings is 1. The minimum Gasteiger partial charge on any atom is -0.468 e. The summed E-state index contributed by atoms with van der Waals surface area (Å²) in [6, 6.07) is 8.84. The van der Waals surface area contributed by atoms with E-state index in [0.29, 0.717) is 5.96 Å². The van der Waals surface area contributed by atoms with E-state index >= 15 is 0 Å². The van der Waals surface area contributed by atoms with E-state index in [-0.39, 0.29) is 5.91 Å². The van der Waals surface area contributed by atoms with Gasteiger partial charge >= 0.3 is 5.97 Å². The fourth-order valence-electron chi connectivity index (χ4n) is 3.03. The molecule has 7 heteroatoms. The van der Waals surface area contributed by atoms with Crippen LogP contribution in [0.4, 0.5) is 0 Å². The first-order valence-corrected chi connectivity index (χ1v) is 8.05. The molecule has 1 fully saturated rings. The number of likely N-dealkylation sites (N-methyl/N-ethyl adjacent to an activating group) is 1. The molecule has 128 valence electrons. The van der Waals surface area contributed by atoms with Gasteiger partial charge in [0.25, 0.3) is 0 Å². The summed E-state index contributed by atoms with van der Waals surface area (Å²) in [7, 11) is 3.36. The van der Waals surface area contributed by atoms with Gasteiger partial charge in [-0.1, -0.05) is 30.3 Å². The minimum absolute atomic E-state index is 0.361. The Bertz CT molecular complexity index is 638. The van der Waals surface area contributed by atoms with Crippen molar-refractivity contribution in [3.8, 4) is 0 Å². The number of amides is 1. The number of carbonyl (C=O) groups is 2. The number of benzene rings is 1. The zero-order valence-electron chi connectivity index (χ0n) is 13.9. The van der Waals surface area contributed by atoms with E-state index in [1.807, 2.05) is 30.3 Å². The highest BCUT2D eigenvalue weighted by Gasteiger charge is 2.41. The van der Waals surface area contributed by atoms with Gasteiger partial charge in [0.15, 0.2) is 5.92 Å². The molecule has 0 aliphatic carbocycles. The van der Waals surface area contributed by atoms with Crippen molar-refractivity contribution in [3.05, 3.63) is 35.9 Å². The first-order chi connectivity index (χ1) is 11.6. The molecule has 2 aliphatic rings. The van der Waals surface area contributed by atoms with Crippen LogP contribution >= 0.6 is 0 Å². The second-order valence-corrected chi connectivity index (χ2v) is 6.09. The number of esters is 1. The molecule has 7 nitrogen and oxygen atoms in total. The summed E-state index contributed by atoms with van der Waals surface area (Å²) in [4.78, 5) is 33.7. The molecule has 3 rings (SSSR count). The third kappa shape index (κ3) is 3.26. The Morgan fingerprint density at radius 1 is 1.21 bits per heavy atom. The lowest BCUT2D eigenvalue weighted by atomic mass is 9.91. The van der Waals surface area contributed by atoms with Crippen LogP contribution in [0.15, 0.2) is 35.3 Å². The highest BCUT2D eigenvalue weighted by atomic mass is 16.5. The van der Waals surface area contributed by atoms with Crippen LogP contribution in [0.2, 0.25) is 0 Å². The van der Waals surface area contributed by atoms with Crippen LogP contribution in [0, 0.1) is 5.92 Å². The molecule has 2 heterocycles. The number of rotatable bonds is 2. The molecule has 1 amide bonds. The Kier molecular flexibility index (Phi) is 4.80. The average molecular weight is 330 g/mol. The first-order valence-electron chi connectivity index (χ1n) is 8.05. The van der Waals surface area contributed by atoms with Crippen molar-refractivity contribution in [2.45, 2.75) is 6.04 Å². The fraction of sp³-hybridized carbons (Fsp3) is 0.471. The van der Waals surface area contributed by atoms with Crippen LogP contribution in [0.5, 0.6) is 0 Å². The van der Waals surface area contributed by atoms with Gasteiger partial charge in [0.1, 0.15) is 6.04 Å². The molecular formula is C17H22N4O3. The van der Waals surface area contributed by atoms with E-state index in [1.54, 1.807) is 0 Å². The number of hydrogen-bond donors (Lipinski definition) is 1. The maximum absolute atomic E-state index is 12.6. The molecule has 2 aliphatic heterocycles. The highest BCUT2D eigenvalue weighted by molar-refractivity contribution is 6.08. The van der Waals surface area contributed by atoms with Gasteiger partial charge in [-0.25, -0.2) is 4.99 Å². The van der Waals surface area contributed by atoms with Crippen LogP contribution in [0.1, 0.15) is 11.6 Å². The third-order valence-electron chi connectivity index (χ3n) is 4.49. The molecule has 0 bridgehead atoms. The van der Waals surface area contributed by atoms with Crippen molar-refractivity contribution in [3.63, 3.8) is 0 Å². The molecule has 1 N–H and O–H groups in total. The smallest absolute Gasteiger partial charge is 0.320 e. The summed E-state index contributed by atoms with van der Waals surface area (Å²) in [6.45, 7) is 3.40. The quantitative estimate of drug-likeness (QED) is 0.621. The van der Waals surface area contributed by atoms with E-state index in [1.165, 1.54) is 7.11 Å². The zero-order chi connectivity index (χ0) is 17.1. The highest BCUT2D eigenvalue weighted by Crippen LogP contribution is 2.30. The Morgan fingerprint density at radius 3 is 2.50 bits per heavy atom. The fourth-order valence-corrected chi connectivity index (χ4v) is 3.03. The molecule has 1 saturated heterocycles. The van der Waals surface area contributed by atoms with Crippen molar-refractivity contribution < 1.29 is 14.3 Å². The average Bonchev–Trinajstić information content (AvgIpc) is 2.62. The SMILES string of the molecule is COC(=O)[C@@H]1C(=O)NC(N2CCN(C)CC2)=N[C@H]1c1ccccc1. The van der Waals surface area contributed by atoms with Crippen LogP contribution < -0.4 is 5.32 Å². The van der Waals surface area contributed by atoms with Crippen LogP contribution in [-0.2, 0) is 14.3 Å². The van der Waals surface area contributed by atoms with E-state index in [2.05, 4.69) is 22.2 Å². The molecule has 2 atom stereocenters. The van der Waals surface area contributed by atoms with Gasteiger partial charge in [-0.3, -0.25) is 14.9 Å². The topological polar surface area (TPSA) is 74.2 Å². The Hall–Kier alpha value is -2.41. The summed E-state index contributed by atoms with van der Waals surface area (Å²) in [5.41, 5.74) is 0.828. The van der Waals surface area contributed by atoms with Crippen LogP contribution in [-0.4, -0.2) is 68.0 Å². The number of nitrogens with zero attached hydrogens (tertiary/aromatic N) is 3. The van der Waals surface area contributed by atoms with Gasteiger partial charge < -0.3 is 14.5 Å². The standard InChI is InChI=1S/C17H22N4O3/c1-20-8-10-21(11-9-20)17-18-14(12-6-4-3-5-7-12)13(15(22)19-17)16(23)24-2/h3-7,13-14H,8-11H2,1-2H3,(H,18,19,22)/t13-,14-/m0/s1. The van der Waals surface area contributed by atoms with Crippen LogP contribution in [0.25, 0.3) is 0 Å². The Morgan fingerprint density at radius 2 is 1.88 bits per heavy atom. The lowest BCUT2D eigenvalue weighted by molar-refractivity contribution is -0.151. The van der Waals surface area contributed by atoms with E-state index < -0.39 is 17.9 Å². The summed E-state index contributed by atoms with van der Waals surface area (Å²) in [5.74, 6) is -1.35. The summed E-state index contributed by atoms with van der Waals surface area (Å²) >= 11 is 0. The van der Waals surface area contributed by atoms with Crippen molar-refractivity contribution in [1.29, 1.82) is 0 Å². The van der Waals surface area contributed by atoms with Gasteiger partial charge in [-0.15, -0.1) is 0 Å². The first kappa shape index (κ1) is 16.4. The summed E-state index contributed by atoms with van der Waals surface area (Å²) in [6.07, 6.45) is 0. The number of aliphatic imine (C=N–C) groups is 1. The molecule has 1 aromatic rings. The predicted octanol–water partition coefficient (Wildman–Crippen LogP) is 0.250. The molecular weight excluding hydrogens is 308 g/mol. The van der Waals surface area contributed by atoms with Crippen molar-refractivity contribution in [1.82, 2.24) is 15.1 Å². The van der Waals surface area contributed by atoms with Gasteiger partial charge in [0.05, 0.1) is 7.11 Å². The van der Waals surface area contributed by atoms with E-state index in [0.717, 1.165) is 31.7 Å². The predicted molar refractivity (Wildman–Crippen MR) is 89.3 cm³/mol. The molecule has 0 saturated carbocycles. The molecule has 0 spiro atoms. The second kappa shape index (κ2) is 7.00. The Balaban J connectivity index is 1.93. The number of methoxy groups -OCH3 is 1. The molecule has 0 radical (unpaired) electrons. The zero-order valence-corrected chi connectivity index (χ0v) is 13.9. The van der Waals surface area contributed by atoms with Crippen molar-refractivity contribution >= 4 is 17.8 Å². The van der Waals surface area contributed by atoms with Gasteiger partial charge in [-0.05, 0) is 12.6 Å². The minimum atomic E-state index is -0.964. The van der Waals surface area contributed by atoms with Crippen molar-refractivity contribution in [2.75, 3.05) is 40.3 Å². The maximum atomic E-state index is 12.6. The number of carbonyl (C=O) groups excluding carboxylic acids is 2. The lowest BCUT2D eigenvalue weighted by Gasteiger charge is -2.37. The third-order valence-corrected chi connectivity index (χ3v) is 4.49. The number of ether oxygens (including phenoxy) is 1. The molecule has 1 aromatic carbocycles. The van der Waals surface area contributed by atoms with Gasteiger partial charge in [0.2, 0.25) is 11.9 Å². The summed E-state index contributed by atoms with van der Waals surface area (Å²) in [5, 5.41) is 2.78. The molecule has 0 aromatic heterocycles. The normalized spacial score (nSPS) is 25.0. The number of guanidine groups is 1. The maximum Gasteiger partial charge on any atom is 0.320 e. The van der Waals surface area contributed by atoms with Crippen LogP contribution in [0.3, 0.4) is 0 Å². The van der Waals surface area contributed by atoms with E-state index in [9.17, 15) is 9.59 Å². The second-order valence-electron chi connectivity index (χ2n) is 6.09. The van der Waals surface area contributed by atoms with Crippen molar-refractivity contribution in [2.24, 2.45) is 10.9 Å². The number of nitrogens with one attached hydrogen (secondary N) is 1. The van der Waals surface area contributed by atoms with Gasteiger partial charge in [0, 0.05) is 26.2 Å². The van der Waals surface area contributed by atoms with Gasteiger partial charge in [-0.2, -0.15) is 0 Å².